The molecule has 0 spiro atoms. The molecule has 0 aliphatic rings. The standard InChI is InChI=1S/C22H21N5OS/c1-16-25-20(15-21(26-16)27-12-2-3-13-27)23-10-11-24-22(28)18-8-6-17(7-9-18)19-5-4-14-29-19/h2-9,12-15H,10-11H2,1H3,(H,24,28)(H,23,25,26). The predicted octanol–water partition coefficient (Wildman–Crippen LogP) is 4.15. The number of nitrogens with zero attached hydrogens (tertiary/aromatic N) is 3. The number of rotatable bonds is 7. The maximum absolute atomic E-state index is 12.4. The highest BCUT2D eigenvalue weighted by atomic mass is 32.1. The van der Waals surface area contributed by atoms with Gasteiger partial charge < -0.3 is 15.2 Å². The largest absolute Gasteiger partial charge is 0.368 e. The number of hydrogen-bond acceptors (Lipinski definition) is 5. The fourth-order valence-corrected chi connectivity index (χ4v) is 3.69. The van der Waals surface area contributed by atoms with Crippen LogP contribution < -0.4 is 10.6 Å². The van der Waals surface area contributed by atoms with Crippen LogP contribution in [0.2, 0.25) is 0 Å². The minimum Gasteiger partial charge on any atom is -0.368 e. The second-order valence-corrected chi connectivity index (χ2v) is 7.43. The molecule has 0 saturated carbocycles. The molecule has 0 aliphatic heterocycles. The maximum Gasteiger partial charge on any atom is 0.251 e. The van der Waals surface area contributed by atoms with Gasteiger partial charge in [-0.25, -0.2) is 9.97 Å². The molecule has 1 amide bonds. The molecule has 3 aromatic heterocycles. The van der Waals surface area contributed by atoms with Crippen molar-refractivity contribution in [3.63, 3.8) is 0 Å². The Morgan fingerprint density at radius 3 is 2.55 bits per heavy atom. The van der Waals surface area contributed by atoms with Gasteiger partial charge in [0.15, 0.2) is 0 Å². The minimum absolute atomic E-state index is 0.0866. The molecule has 0 radical (unpaired) electrons. The lowest BCUT2D eigenvalue weighted by atomic mass is 10.1. The average molecular weight is 404 g/mol. The first-order chi connectivity index (χ1) is 14.2. The highest BCUT2D eigenvalue weighted by Gasteiger charge is 2.07. The van der Waals surface area contributed by atoms with E-state index in [1.165, 1.54) is 4.88 Å². The van der Waals surface area contributed by atoms with E-state index in [9.17, 15) is 4.79 Å². The summed E-state index contributed by atoms with van der Waals surface area (Å²) in [5, 5.41) is 8.22. The molecule has 3 heterocycles. The van der Waals surface area contributed by atoms with E-state index in [1.807, 2.05) is 77.8 Å². The molecular weight excluding hydrogens is 382 g/mol. The van der Waals surface area contributed by atoms with Crippen LogP contribution in [-0.2, 0) is 0 Å². The first-order valence-corrected chi connectivity index (χ1v) is 10.2. The zero-order valence-electron chi connectivity index (χ0n) is 16.0. The minimum atomic E-state index is -0.0866. The second kappa shape index (κ2) is 8.70. The van der Waals surface area contributed by atoms with E-state index >= 15 is 0 Å². The lowest BCUT2D eigenvalue weighted by Crippen LogP contribution is -2.28. The molecule has 4 rings (SSSR count). The van der Waals surface area contributed by atoms with Gasteiger partial charge in [-0.15, -0.1) is 11.3 Å². The normalized spacial score (nSPS) is 10.7. The average Bonchev–Trinajstić information content (AvgIpc) is 3.45. The van der Waals surface area contributed by atoms with Crippen molar-refractivity contribution in [1.29, 1.82) is 0 Å². The van der Waals surface area contributed by atoms with E-state index in [1.54, 1.807) is 11.3 Å². The Bertz CT molecular complexity index is 1070. The maximum atomic E-state index is 12.4. The number of aryl methyl sites for hydroxylation is 1. The van der Waals surface area contributed by atoms with Gasteiger partial charge in [-0.1, -0.05) is 18.2 Å². The van der Waals surface area contributed by atoms with Gasteiger partial charge >= 0.3 is 0 Å². The summed E-state index contributed by atoms with van der Waals surface area (Å²) in [4.78, 5) is 22.4. The number of anilines is 1. The van der Waals surface area contributed by atoms with Crippen LogP contribution in [0.3, 0.4) is 0 Å². The molecule has 7 heteroatoms. The molecule has 0 fully saturated rings. The van der Waals surface area contributed by atoms with E-state index in [2.05, 4.69) is 26.7 Å². The van der Waals surface area contributed by atoms with Gasteiger partial charge in [0.1, 0.15) is 17.5 Å². The highest BCUT2D eigenvalue weighted by molar-refractivity contribution is 7.13. The summed E-state index contributed by atoms with van der Waals surface area (Å²) in [6, 6.07) is 17.6. The zero-order valence-corrected chi connectivity index (χ0v) is 16.8. The molecule has 6 nitrogen and oxygen atoms in total. The number of thiophene rings is 1. The lowest BCUT2D eigenvalue weighted by molar-refractivity contribution is 0.0955. The van der Waals surface area contributed by atoms with Crippen molar-refractivity contribution in [2.75, 3.05) is 18.4 Å². The van der Waals surface area contributed by atoms with Crippen molar-refractivity contribution in [1.82, 2.24) is 19.9 Å². The van der Waals surface area contributed by atoms with E-state index in [0.717, 1.165) is 17.2 Å². The van der Waals surface area contributed by atoms with Crippen molar-refractivity contribution in [2.24, 2.45) is 0 Å². The van der Waals surface area contributed by atoms with Crippen LogP contribution >= 0.6 is 11.3 Å². The first kappa shape index (κ1) is 18.9. The number of amides is 1. The Hall–Kier alpha value is -3.45. The van der Waals surface area contributed by atoms with Crippen molar-refractivity contribution in [2.45, 2.75) is 6.92 Å². The van der Waals surface area contributed by atoms with E-state index in [0.29, 0.717) is 24.5 Å². The Balaban J connectivity index is 1.30. The fourth-order valence-electron chi connectivity index (χ4n) is 2.96. The molecular formula is C22H21N5OS. The van der Waals surface area contributed by atoms with Crippen LogP contribution in [0.1, 0.15) is 16.2 Å². The topological polar surface area (TPSA) is 71.8 Å². The van der Waals surface area contributed by atoms with Gasteiger partial charge in [0.05, 0.1) is 0 Å². The van der Waals surface area contributed by atoms with Crippen LogP contribution in [-0.4, -0.2) is 33.5 Å². The van der Waals surface area contributed by atoms with Gasteiger partial charge in [-0.2, -0.15) is 0 Å². The van der Waals surface area contributed by atoms with Gasteiger partial charge in [-0.05, 0) is 48.2 Å². The summed E-state index contributed by atoms with van der Waals surface area (Å²) >= 11 is 1.69. The van der Waals surface area contributed by atoms with Gasteiger partial charge in [0.25, 0.3) is 5.91 Å². The van der Waals surface area contributed by atoms with Crippen molar-refractivity contribution >= 4 is 23.1 Å². The summed E-state index contributed by atoms with van der Waals surface area (Å²) in [7, 11) is 0. The fraction of sp³-hybridized carbons (Fsp3) is 0.136. The van der Waals surface area contributed by atoms with Gasteiger partial charge in [-0.3, -0.25) is 4.79 Å². The van der Waals surface area contributed by atoms with Gasteiger partial charge in [0.2, 0.25) is 0 Å². The summed E-state index contributed by atoms with van der Waals surface area (Å²) in [5.74, 6) is 2.14. The summed E-state index contributed by atoms with van der Waals surface area (Å²) in [6.45, 7) is 2.92. The quantitative estimate of drug-likeness (QED) is 0.455. The van der Waals surface area contributed by atoms with E-state index in [-0.39, 0.29) is 5.91 Å². The van der Waals surface area contributed by atoms with Crippen LogP contribution in [0.15, 0.2) is 72.4 Å². The third kappa shape index (κ3) is 4.70. The van der Waals surface area contributed by atoms with Crippen molar-refractivity contribution < 1.29 is 4.79 Å². The molecule has 146 valence electrons. The smallest absolute Gasteiger partial charge is 0.251 e. The number of aromatic nitrogens is 3. The Morgan fingerprint density at radius 1 is 1.03 bits per heavy atom. The van der Waals surface area contributed by atoms with Crippen molar-refractivity contribution in [3.8, 4) is 16.3 Å². The number of hydrogen-bond donors (Lipinski definition) is 2. The molecule has 0 aliphatic carbocycles. The van der Waals surface area contributed by atoms with Crippen molar-refractivity contribution in [3.05, 3.63) is 83.8 Å². The van der Waals surface area contributed by atoms with E-state index in [4.69, 9.17) is 0 Å². The number of carbonyl (C=O) groups is 1. The molecule has 4 aromatic rings. The Morgan fingerprint density at radius 2 is 1.83 bits per heavy atom. The highest BCUT2D eigenvalue weighted by Crippen LogP contribution is 2.24. The number of nitrogens with one attached hydrogen (secondary N) is 2. The van der Waals surface area contributed by atoms with Crippen LogP contribution in [0.25, 0.3) is 16.3 Å². The number of benzene rings is 1. The Kier molecular flexibility index (Phi) is 5.67. The monoisotopic (exact) mass is 403 g/mol. The van der Waals surface area contributed by atoms with Crippen LogP contribution in [0.4, 0.5) is 5.82 Å². The first-order valence-electron chi connectivity index (χ1n) is 9.34. The summed E-state index contributed by atoms with van der Waals surface area (Å²) in [5.41, 5.74) is 1.77. The van der Waals surface area contributed by atoms with Crippen LogP contribution in [0.5, 0.6) is 0 Å². The predicted molar refractivity (Wildman–Crippen MR) is 117 cm³/mol. The Labute approximate surface area is 173 Å². The molecule has 0 atom stereocenters. The summed E-state index contributed by atoms with van der Waals surface area (Å²) in [6.07, 6.45) is 3.88. The lowest BCUT2D eigenvalue weighted by Gasteiger charge is -2.10. The second-order valence-electron chi connectivity index (χ2n) is 6.49. The van der Waals surface area contributed by atoms with Gasteiger partial charge in [0, 0.05) is 42.0 Å². The molecule has 1 aromatic carbocycles. The molecule has 2 N–H and O–H groups in total. The third-order valence-electron chi connectivity index (χ3n) is 4.36. The van der Waals surface area contributed by atoms with Crippen LogP contribution in [0, 0.1) is 6.92 Å². The molecule has 0 unspecified atom stereocenters. The molecule has 0 bridgehead atoms. The third-order valence-corrected chi connectivity index (χ3v) is 5.28. The molecule has 29 heavy (non-hydrogen) atoms. The summed E-state index contributed by atoms with van der Waals surface area (Å²) < 4.78 is 1.93. The molecule has 0 saturated heterocycles. The zero-order chi connectivity index (χ0) is 20.1. The van der Waals surface area contributed by atoms with E-state index < -0.39 is 0 Å². The number of carbonyl (C=O) groups excluding carboxylic acids is 1. The SMILES string of the molecule is Cc1nc(NCCNC(=O)c2ccc(-c3cccs3)cc2)cc(-n2cccc2)n1.